The van der Waals surface area contributed by atoms with E-state index >= 15 is 0 Å². The van der Waals surface area contributed by atoms with Crippen LogP contribution in [-0.4, -0.2) is 7.05 Å². The van der Waals surface area contributed by atoms with E-state index in [1.54, 1.807) is 12.1 Å². The molecule has 0 heterocycles. The van der Waals surface area contributed by atoms with Gasteiger partial charge in [0.1, 0.15) is 5.82 Å². The van der Waals surface area contributed by atoms with Crippen LogP contribution in [0.5, 0.6) is 0 Å². The molecule has 0 amide bonds. The fourth-order valence-corrected chi connectivity index (χ4v) is 3.36. The van der Waals surface area contributed by atoms with Crippen molar-refractivity contribution >= 4 is 11.6 Å². The highest BCUT2D eigenvalue weighted by atomic mass is 35.5. The Morgan fingerprint density at radius 1 is 1.26 bits per heavy atom. The molecule has 0 aliphatic heterocycles. The number of rotatable bonds is 4. The van der Waals surface area contributed by atoms with Crippen molar-refractivity contribution in [2.24, 2.45) is 5.92 Å². The molecule has 0 radical (unpaired) electrons. The van der Waals surface area contributed by atoms with Crippen molar-refractivity contribution in [2.45, 2.75) is 51.0 Å². The van der Waals surface area contributed by atoms with Gasteiger partial charge in [0, 0.05) is 11.1 Å². The first-order valence-corrected chi connectivity index (χ1v) is 7.70. The second-order valence-corrected chi connectivity index (χ2v) is 6.01. The number of benzene rings is 1. The Bertz CT molecular complexity index is 400. The van der Waals surface area contributed by atoms with Crippen LogP contribution in [0.2, 0.25) is 5.02 Å². The Kier molecular flexibility index (Phi) is 5.65. The van der Waals surface area contributed by atoms with Gasteiger partial charge in [-0.1, -0.05) is 50.1 Å². The predicted octanol–water partition coefficient (Wildman–Crippen LogP) is 5.10. The van der Waals surface area contributed by atoms with E-state index < -0.39 is 0 Å². The van der Waals surface area contributed by atoms with Gasteiger partial charge in [-0.05, 0) is 43.1 Å². The third kappa shape index (κ3) is 4.19. The molecule has 1 aliphatic carbocycles. The quantitative estimate of drug-likeness (QED) is 0.758. The van der Waals surface area contributed by atoms with Crippen molar-refractivity contribution in [1.82, 2.24) is 5.32 Å². The molecule has 1 aromatic carbocycles. The number of hydrogen-bond acceptors (Lipinski definition) is 1. The predicted molar refractivity (Wildman–Crippen MR) is 79.0 cm³/mol. The minimum absolute atomic E-state index is 0.159. The van der Waals surface area contributed by atoms with Gasteiger partial charge in [0.25, 0.3) is 0 Å². The normalized spacial score (nSPS) is 19.1. The minimum Gasteiger partial charge on any atom is -0.313 e. The van der Waals surface area contributed by atoms with Crippen molar-refractivity contribution in [3.63, 3.8) is 0 Å². The van der Waals surface area contributed by atoms with Gasteiger partial charge in [-0.3, -0.25) is 0 Å². The molecule has 1 atom stereocenters. The third-order valence-corrected chi connectivity index (χ3v) is 4.57. The maximum absolute atomic E-state index is 13.4. The highest BCUT2D eigenvalue weighted by Gasteiger charge is 2.20. The fraction of sp³-hybridized carbons (Fsp3) is 0.625. The number of hydrogen-bond donors (Lipinski definition) is 1. The van der Waals surface area contributed by atoms with Crippen LogP contribution in [0.25, 0.3) is 0 Å². The molecule has 3 heteroatoms. The Balaban J connectivity index is 2.08. The summed E-state index contributed by atoms with van der Waals surface area (Å²) in [6.07, 6.45) is 9.04. The Hall–Kier alpha value is -0.600. The molecule has 0 saturated heterocycles. The highest BCUT2D eigenvalue weighted by Crippen LogP contribution is 2.33. The van der Waals surface area contributed by atoms with Gasteiger partial charge in [0.05, 0.1) is 0 Å². The smallest absolute Gasteiger partial charge is 0.123 e. The molecule has 1 nitrogen and oxygen atoms in total. The van der Waals surface area contributed by atoms with E-state index in [1.165, 1.54) is 44.6 Å². The fourth-order valence-electron chi connectivity index (χ4n) is 3.11. The molecule has 19 heavy (non-hydrogen) atoms. The van der Waals surface area contributed by atoms with Crippen molar-refractivity contribution in [1.29, 1.82) is 0 Å². The zero-order valence-electron chi connectivity index (χ0n) is 11.6. The van der Waals surface area contributed by atoms with E-state index in [2.05, 4.69) is 5.32 Å². The first kappa shape index (κ1) is 14.8. The highest BCUT2D eigenvalue weighted by molar-refractivity contribution is 6.31. The molecule has 0 bridgehead atoms. The van der Waals surface area contributed by atoms with Crippen LogP contribution in [-0.2, 0) is 0 Å². The first-order chi connectivity index (χ1) is 9.20. The van der Waals surface area contributed by atoms with E-state index in [0.717, 1.165) is 17.9 Å². The summed E-state index contributed by atoms with van der Waals surface area (Å²) >= 11 is 6.21. The Morgan fingerprint density at radius 2 is 1.95 bits per heavy atom. The summed E-state index contributed by atoms with van der Waals surface area (Å²) in [6.45, 7) is 0. The van der Waals surface area contributed by atoms with Crippen molar-refractivity contribution in [3.8, 4) is 0 Å². The second kappa shape index (κ2) is 7.25. The molecule has 1 N–H and O–H groups in total. The van der Waals surface area contributed by atoms with E-state index in [4.69, 9.17) is 11.6 Å². The maximum atomic E-state index is 13.4. The topological polar surface area (TPSA) is 12.0 Å². The van der Waals surface area contributed by atoms with E-state index in [0.29, 0.717) is 5.02 Å². The first-order valence-electron chi connectivity index (χ1n) is 7.33. The van der Waals surface area contributed by atoms with Gasteiger partial charge in [0.15, 0.2) is 0 Å². The standard InChI is InChI=1S/C16H23ClFN/c1-19-16(10-12-6-4-2-3-5-7-12)14-11-13(18)8-9-15(14)17/h8-9,11-12,16,19H,2-7,10H2,1H3. The van der Waals surface area contributed by atoms with Crippen LogP contribution in [0.15, 0.2) is 18.2 Å². The Morgan fingerprint density at radius 3 is 2.58 bits per heavy atom. The average Bonchev–Trinajstić information content (AvgIpc) is 2.67. The molecule has 1 saturated carbocycles. The third-order valence-electron chi connectivity index (χ3n) is 4.23. The largest absolute Gasteiger partial charge is 0.313 e. The van der Waals surface area contributed by atoms with E-state index in [9.17, 15) is 4.39 Å². The van der Waals surface area contributed by atoms with Crippen molar-refractivity contribution in [2.75, 3.05) is 7.05 Å². The van der Waals surface area contributed by atoms with Gasteiger partial charge < -0.3 is 5.32 Å². The van der Waals surface area contributed by atoms with Crippen LogP contribution in [0.3, 0.4) is 0 Å². The summed E-state index contributed by atoms with van der Waals surface area (Å²) in [7, 11) is 1.93. The summed E-state index contributed by atoms with van der Waals surface area (Å²) in [5.41, 5.74) is 0.897. The summed E-state index contributed by atoms with van der Waals surface area (Å²) in [5, 5.41) is 3.96. The van der Waals surface area contributed by atoms with Gasteiger partial charge in [-0.25, -0.2) is 4.39 Å². The van der Waals surface area contributed by atoms with Crippen molar-refractivity contribution < 1.29 is 4.39 Å². The average molecular weight is 284 g/mol. The van der Waals surface area contributed by atoms with Gasteiger partial charge in [-0.2, -0.15) is 0 Å². The summed E-state index contributed by atoms with van der Waals surface area (Å²) in [5.74, 6) is 0.528. The number of halogens is 2. The van der Waals surface area contributed by atoms with E-state index in [-0.39, 0.29) is 11.9 Å². The second-order valence-electron chi connectivity index (χ2n) is 5.60. The minimum atomic E-state index is -0.208. The lowest BCUT2D eigenvalue weighted by Gasteiger charge is -2.23. The summed E-state index contributed by atoms with van der Waals surface area (Å²) < 4.78 is 13.4. The molecular formula is C16H23ClFN. The van der Waals surface area contributed by atoms with Crippen LogP contribution in [0.1, 0.15) is 56.6 Å². The molecule has 1 aromatic rings. The molecule has 106 valence electrons. The zero-order chi connectivity index (χ0) is 13.7. The monoisotopic (exact) mass is 283 g/mol. The lowest BCUT2D eigenvalue weighted by Crippen LogP contribution is -2.20. The maximum Gasteiger partial charge on any atom is 0.123 e. The SMILES string of the molecule is CNC(CC1CCCCCC1)c1cc(F)ccc1Cl. The van der Waals surface area contributed by atoms with Crippen LogP contribution >= 0.6 is 11.6 Å². The zero-order valence-corrected chi connectivity index (χ0v) is 12.3. The van der Waals surface area contributed by atoms with Crippen LogP contribution in [0.4, 0.5) is 4.39 Å². The summed E-state index contributed by atoms with van der Waals surface area (Å²) in [6, 6.07) is 4.81. The molecule has 0 aromatic heterocycles. The van der Waals surface area contributed by atoms with Crippen LogP contribution < -0.4 is 5.32 Å². The lowest BCUT2D eigenvalue weighted by molar-refractivity contribution is 0.367. The van der Waals surface area contributed by atoms with E-state index in [1.807, 2.05) is 7.05 Å². The van der Waals surface area contributed by atoms with Gasteiger partial charge in [0.2, 0.25) is 0 Å². The van der Waals surface area contributed by atoms with Gasteiger partial charge in [-0.15, -0.1) is 0 Å². The lowest BCUT2D eigenvalue weighted by atomic mass is 9.89. The molecule has 1 aliphatic rings. The number of nitrogens with one attached hydrogen (secondary N) is 1. The molecule has 1 unspecified atom stereocenters. The molecule has 0 spiro atoms. The van der Waals surface area contributed by atoms with Crippen molar-refractivity contribution in [3.05, 3.63) is 34.6 Å². The molecule has 2 rings (SSSR count). The molecular weight excluding hydrogens is 261 g/mol. The Labute approximate surface area is 120 Å². The summed E-state index contributed by atoms with van der Waals surface area (Å²) in [4.78, 5) is 0. The van der Waals surface area contributed by atoms with Crippen LogP contribution in [0, 0.1) is 11.7 Å². The van der Waals surface area contributed by atoms with Gasteiger partial charge >= 0.3 is 0 Å². The molecule has 1 fully saturated rings.